The van der Waals surface area contributed by atoms with Crippen molar-refractivity contribution in [1.29, 1.82) is 0 Å². The highest BCUT2D eigenvalue weighted by Gasteiger charge is 2.32. The first-order chi connectivity index (χ1) is 10.5. The Hall–Kier alpha value is -2.15. The van der Waals surface area contributed by atoms with Crippen molar-refractivity contribution in [2.75, 3.05) is 16.9 Å². The van der Waals surface area contributed by atoms with E-state index in [0.717, 1.165) is 23.5 Å². The molecule has 3 rings (SSSR count). The van der Waals surface area contributed by atoms with Crippen LogP contribution in [0.4, 0.5) is 16.2 Å². The number of hydrogen-bond donors (Lipinski definition) is 2. The molecule has 7 heteroatoms. The number of nitrogens with zero attached hydrogens (tertiary/aromatic N) is 1. The van der Waals surface area contributed by atoms with Gasteiger partial charge in [0.15, 0.2) is 5.76 Å². The summed E-state index contributed by atoms with van der Waals surface area (Å²) in [6.45, 7) is 1.80. The molecule has 22 heavy (non-hydrogen) atoms. The van der Waals surface area contributed by atoms with Gasteiger partial charge in [-0.2, -0.15) is 0 Å². The van der Waals surface area contributed by atoms with Gasteiger partial charge in [0.2, 0.25) is 0 Å². The average molecular weight is 319 g/mol. The molecule has 0 saturated heterocycles. The van der Waals surface area contributed by atoms with E-state index in [2.05, 4.69) is 15.8 Å². The SMILES string of the molecule is Cc1noc(C2CC2)c1NC(=O)Nc1ccc([S@](C)=O)cc1. The lowest BCUT2D eigenvalue weighted by molar-refractivity contribution is 0.262. The second-order valence-electron chi connectivity index (χ2n) is 5.34. The van der Waals surface area contributed by atoms with Crippen LogP contribution >= 0.6 is 0 Å². The van der Waals surface area contributed by atoms with Crippen LogP contribution in [0, 0.1) is 6.92 Å². The summed E-state index contributed by atoms with van der Waals surface area (Å²) in [6.07, 6.45) is 3.75. The number of hydrogen-bond acceptors (Lipinski definition) is 4. The Kier molecular flexibility index (Phi) is 3.98. The van der Waals surface area contributed by atoms with E-state index in [1.54, 1.807) is 37.4 Å². The summed E-state index contributed by atoms with van der Waals surface area (Å²) in [7, 11) is -1.03. The van der Waals surface area contributed by atoms with Crippen LogP contribution in [0.15, 0.2) is 33.7 Å². The predicted molar refractivity (Wildman–Crippen MR) is 84.6 cm³/mol. The van der Waals surface area contributed by atoms with E-state index in [1.807, 2.05) is 0 Å². The monoisotopic (exact) mass is 319 g/mol. The summed E-state index contributed by atoms with van der Waals surface area (Å²) >= 11 is 0. The Morgan fingerprint density at radius 3 is 2.55 bits per heavy atom. The maximum absolute atomic E-state index is 12.1. The van der Waals surface area contributed by atoms with Gasteiger partial charge < -0.3 is 15.2 Å². The number of amides is 2. The Morgan fingerprint density at radius 1 is 1.27 bits per heavy atom. The summed E-state index contributed by atoms with van der Waals surface area (Å²) in [4.78, 5) is 12.8. The minimum absolute atomic E-state index is 0.349. The molecule has 0 radical (unpaired) electrons. The number of anilines is 2. The van der Waals surface area contributed by atoms with Gasteiger partial charge in [-0.15, -0.1) is 0 Å². The molecule has 1 aliphatic carbocycles. The summed E-state index contributed by atoms with van der Waals surface area (Å²) in [5.74, 6) is 1.12. The molecular formula is C15H17N3O3S. The van der Waals surface area contributed by atoms with Crippen molar-refractivity contribution in [2.24, 2.45) is 0 Å². The van der Waals surface area contributed by atoms with E-state index in [0.29, 0.717) is 23.0 Å². The quantitative estimate of drug-likeness (QED) is 0.906. The minimum atomic E-state index is -1.03. The molecule has 0 bridgehead atoms. The molecule has 0 spiro atoms. The molecule has 116 valence electrons. The van der Waals surface area contributed by atoms with Crippen LogP contribution in [0.25, 0.3) is 0 Å². The van der Waals surface area contributed by atoms with Crippen LogP contribution < -0.4 is 10.6 Å². The highest BCUT2D eigenvalue weighted by molar-refractivity contribution is 7.84. The van der Waals surface area contributed by atoms with Crippen molar-refractivity contribution in [1.82, 2.24) is 5.16 Å². The Labute approximate surface area is 130 Å². The van der Waals surface area contributed by atoms with E-state index in [9.17, 15) is 9.00 Å². The molecule has 0 aliphatic heterocycles. The predicted octanol–water partition coefficient (Wildman–Crippen LogP) is 3.24. The van der Waals surface area contributed by atoms with E-state index >= 15 is 0 Å². The lowest BCUT2D eigenvalue weighted by Gasteiger charge is -2.08. The van der Waals surface area contributed by atoms with Crippen molar-refractivity contribution < 1.29 is 13.5 Å². The molecular weight excluding hydrogens is 302 g/mol. The Morgan fingerprint density at radius 2 is 1.95 bits per heavy atom. The zero-order valence-corrected chi connectivity index (χ0v) is 13.2. The number of carbonyl (C=O) groups is 1. The second-order valence-corrected chi connectivity index (χ2v) is 6.72. The normalized spacial score (nSPS) is 15.4. The van der Waals surface area contributed by atoms with Crippen molar-refractivity contribution in [3.63, 3.8) is 0 Å². The van der Waals surface area contributed by atoms with Gasteiger partial charge in [0, 0.05) is 33.6 Å². The van der Waals surface area contributed by atoms with Crippen LogP contribution in [0.2, 0.25) is 0 Å². The number of urea groups is 1. The van der Waals surface area contributed by atoms with E-state index in [-0.39, 0.29) is 6.03 Å². The number of nitrogens with one attached hydrogen (secondary N) is 2. The van der Waals surface area contributed by atoms with Crippen molar-refractivity contribution in [3.05, 3.63) is 35.7 Å². The van der Waals surface area contributed by atoms with Crippen molar-refractivity contribution >= 4 is 28.2 Å². The molecule has 0 unspecified atom stereocenters. The topological polar surface area (TPSA) is 84.2 Å². The average Bonchev–Trinajstić information content (AvgIpc) is 3.26. The van der Waals surface area contributed by atoms with Gasteiger partial charge >= 0.3 is 6.03 Å². The van der Waals surface area contributed by atoms with Crippen molar-refractivity contribution in [3.8, 4) is 0 Å². The van der Waals surface area contributed by atoms with Crippen LogP contribution in [0.5, 0.6) is 0 Å². The molecule has 1 saturated carbocycles. The van der Waals surface area contributed by atoms with Gasteiger partial charge in [0.05, 0.1) is 0 Å². The fourth-order valence-electron chi connectivity index (χ4n) is 2.17. The van der Waals surface area contributed by atoms with Gasteiger partial charge in [-0.25, -0.2) is 4.79 Å². The van der Waals surface area contributed by atoms with E-state index in [4.69, 9.17) is 4.52 Å². The highest BCUT2D eigenvalue weighted by atomic mass is 32.2. The lowest BCUT2D eigenvalue weighted by atomic mass is 10.2. The largest absolute Gasteiger partial charge is 0.359 e. The molecule has 1 aromatic carbocycles. The molecule has 1 aromatic heterocycles. The molecule has 1 heterocycles. The molecule has 2 N–H and O–H groups in total. The third kappa shape index (κ3) is 3.19. The number of aryl methyl sites for hydroxylation is 1. The zero-order valence-electron chi connectivity index (χ0n) is 12.4. The van der Waals surface area contributed by atoms with Gasteiger partial charge in [0.1, 0.15) is 11.4 Å². The maximum Gasteiger partial charge on any atom is 0.323 e. The van der Waals surface area contributed by atoms with Crippen LogP contribution in [0.1, 0.15) is 30.2 Å². The lowest BCUT2D eigenvalue weighted by Crippen LogP contribution is -2.20. The second kappa shape index (κ2) is 5.92. The highest BCUT2D eigenvalue weighted by Crippen LogP contribution is 2.44. The molecule has 1 fully saturated rings. The number of benzene rings is 1. The summed E-state index contributed by atoms with van der Waals surface area (Å²) in [5.41, 5.74) is 1.97. The van der Waals surface area contributed by atoms with Crippen LogP contribution in [0.3, 0.4) is 0 Å². The van der Waals surface area contributed by atoms with Crippen LogP contribution in [-0.4, -0.2) is 21.7 Å². The standard InChI is InChI=1S/C15H17N3O3S/c1-9-13(14(21-18-9)10-3-4-10)17-15(19)16-11-5-7-12(8-6-11)22(2)20/h5-8,10H,3-4H2,1-2H3,(H2,16,17,19)/t22-/m0/s1. The van der Waals surface area contributed by atoms with Gasteiger partial charge in [-0.3, -0.25) is 4.21 Å². The summed E-state index contributed by atoms with van der Waals surface area (Å²) in [6, 6.07) is 6.55. The fourth-order valence-corrected chi connectivity index (χ4v) is 2.69. The summed E-state index contributed by atoms with van der Waals surface area (Å²) < 4.78 is 16.6. The Balaban J connectivity index is 1.67. The third-order valence-electron chi connectivity index (χ3n) is 3.52. The number of carbonyl (C=O) groups excluding carboxylic acids is 1. The van der Waals surface area contributed by atoms with Gasteiger partial charge in [-0.05, 0) is 44.0 Å². The van der Waals surface area contributed by atoms with E-state index < -0.39 is 10.8 Å². The summed E-state index contributed by atoms with van der Waals surface area (Å²) in [5, 5.41) is 9.46. The first-order valence-corrected chi connectivity index (χ1v) is 8.58. The molecule has 6 nitrogen and oxygen atoms in total. The zero-order chi connectivity index (χ0) is 15.7. The third-order valence-corrected chi connectivity index (χ3v) is 4.46. The van der Waals surface area contributed by atoms with E-state index in [1.165, 1.54) is 0 Å². The molecule has 2 aromatic rings. The first kappa shape index (κ1) is 14.8. The smallest absolute Gasteiger partial charge is 0.323 e. The molecule has 2 amide bonds. The number of aromatic nitrogens is 1. The maximum atomic E-state index is 12.1. The van der Waals surface area contributed by atoms with Crippen LogP contribution in [-0.2, 0) is 10.8 Å². The van der Waals surface area contributed by atoms with Crippen molar-refractivity contribution in [2.45, 2.75) is 30.6 Å². The fraction of sp³-hybridized carbons (Fsp3) is 0.333. The molecule has 1 atom stereocenters. The first-order valence-electron chi connectivity index (χ1n) is 7.02. The van der Waals surface area contributed by atoms with Gasteiger partial charge in [-0.1, -0.05) is 5.16 Å². The minimum Gasteiger partial charge on any atom is -0.359 e. The molecule has 1 aliphatic rings. The van der Waals surface area contributed by atoms with Gasteiger partial charge in [0.25, 0.3) is 0 Å². The number of rotatable bonds is 4. The Bertz CT molecular complexity index is 720.